The first-order valence-electron chi connectivity index (χ1n) is 7.20. The lowest BCUT2D eigenvalue weighted by Gasteiger charge is -2.29. The molecule has 2 aliphatic rings. The first-order valence-corrected chi connectivity index (χ1v) is 8.08. The minimum absolute atomic E-state index is 0.389. The molecule has 0 spiro atoms. The molecule has 0 radical (unpaired) electrons. The van der Waals surface area contributed by atoms with Crippen LogP contribution in [0.2, 0.25) is 0 Å². The maximum atomic E-state index is 5.82. The molecule has 19 heavy (non-hydrogen) atoms. The summed E-state index contributed by atoms with van der Waals surface area (Å²) in [7, 11) is 0. The molecule has 2 aromatic heterocycles. The predicted octanol–water partition coefficient (Wildman–Crippen LogP) is 2.21. The summed E-state index contributed by atoms with van der Waals surface area (Å²) < 4.78 is 2.11. The van der Waals surface area contributed by atoms with E-state index in [0.29, 0.717) is 6.04 Å². The number of nitrogens with zero attached hydrogens (tertiary/aromatic N) is 2. The van der Waals surface area contributed by atoms with Gasteiger partial charge in [0.1, 0.15) is 0 Å². The SMILES string of the molecule is NNC(Cc1cn2ccsc2n1)C1CC2CCC1C2. The van der Waals surface area contributed by atoms with E-state index in [2.05, 4.69) is 32.6 Å². The molecule has 2 fully saturated rings. The smallest absolute Gasteiger partial charge is 0.193 e. The molecule has 4 atom stereocenters. The summed E-state index contributed by atoms with van der Waals surface area (Å²) in [5.41, 5.74) is 4.23. The third-order valence-corrected chi connectivity index (χ3v) is 5.87. The van der Waals surface area contributed by atoms with Gasteiger partial charge in [0.05, 0.1) is 5.69 Å². The van der Waals surface area contributed by atoms with Crippen molar-refractivity contribution in [2.24, 2.45) is 23.6 Å². The third kappa shape index (κ3) is 2.00. The normalized spacial score (nSPS) is 31.3. The Balaban J connectivity index is 1.52. The molecule has 2 saturated carbocycles. The first kappa shape index (κ1) is 11.9. The van der Waals surface area contributed by atoms with Crippen molar-refractivity contribution in [3.8, 4) is 0 Å². The number of hydrazine groups is 1. The molecule has 3 N–H and O–H groups in total. The van der Waals surface area contributed by atoms with Crippen LogP contribution in [0.1, 0.15) is 31.4 Å². The van der Waals surface area contributed by atoms with Gasteiger partial charge in [-0.15, -0.1) is 11.3 Å². The zero-order chi connectivity index (χ0) is 12.8. The first-order chi connectivity index (χ1) is 9.33. The summed E-state index contributed by atoms with van der Waals surface area (Å²) in [4.78, 5) is 5.76. The monoisotopic (exact) mass is 276 g/mol. The Morgan fingerprint density at radius 2 is 2.42 bits per heavy atom. The number of rotatable bonds is 4. The fraction of sp³-hybridized carbons (Fsp3) is 0.643. The van der Waals surface area contributed by atoms with Gasteiger partial charge in [0, 0.05) is 30.2 Å². The van der Waals surface area contributed by atoms with E-state index in [1.807, 2.05) is 0 Å². The van der Waals surface area contributed by atoms with Gasteiger partial charge in [0.15, 0.2) is 4.96 Å². The molecule has 4 unspecified atom stereocenters. The highest BCUT2D eigenvalue weighted by atomic mass is 32.1. The highest BCUT2D eigenvalue weighted by Crippen LogP contribution is 2.49. The van der Waals surface area contributed by atoms with Crippen molar-refractivity contribution in [2.45, 2.75) is 38.1 Å². The second kappa shape index (κ2) is 4.58. The lowest BCUT2D eigenvalue weighted by Crippen LogP contribution is -2.44. The van der Waals surface area contributed by atoms with E-state index < -0.39 is 0 Å². The second-order valence-corrected chi connectivity index (χ2v) is 7.01. The van der Waals surface area contributed by atoms with E-state index in [1.165, 1.54) is 25.7 Å². The Hall–Kier alpha value is -0.910. The zero-order valence-electron chi connectivity index (χ0n) is 11.0. The van der Waals surface area contributed by atoms with Crippen molar-refractivity contribution in [1.29, 1.82) is 0 Å². The Kier molecular flexibility index (Phi) is 2.86. The number of imidazole rings is 1. The lowest BCUT2D eigenvalue weighted by molar-refractivity contribution is 0.247. The molecule has 2 aromatic rings. The van der Waals surface area contributed by atoms with Gasteiger partial charge in [-0.25, -0.2) is 4.98 Å². The minimum Gasteiger partial charge on any atom is -0.297 e. The fourth-order valence-corrected chi connectivity index (χ4v) is 4.94. The molecular formula is C14H20N4S. The van der Waals surface area contributed by atoms with E-state index in [-0.39, 0.29) is 0 Å². The summed E-state index contributed by atoms with van der Waals surface area (Å²) >= 11 is 1.69. The van der Waals surface area contributed by atoms with E-state index in [1.54, 1.807) is 11.3 Å². The molecule has 4 nitrogen and oxygen atoms in total. The van der Waals surface area contributed by atoms with Gasteiger partial charge in [-0.05, 0) is 37.0 Å². The molecule has 0 amide bonds. The van der Waals surface area contributed by atoms with Crippen LogP contribution in [0.5, 0.6) is 0 Å². The quantitative estimate of drug-likeness (QED) is 0.665. The van der Waals surface area contributed by atoms with Crippen LogP contribution in [-0.2, 0) is 6.42 Å². The average Bonchev–Trinajstić information content (AvgIpc) is 3.14. The number of nitrogens with one attached hydrogen (secondary N) is 1. The molecule has 2 aliphatic carbocycles. The second-order valence-electron chi connectivity index (χ2n) is 6.14. The van der Waals surface area contributed by atoms with Crippen LogP contribution in [0.15, 0.2) is 17.8 Å². The number of nitrogens with two attached hydrogens (primary N) is 1. The Labute approximate surface area is 117 Å². The number of thiazole rings is 1. The number of hydrogen-bond donors (Lipinski definition) is 2. The van der Waals surface area contributed by atoms with E-state index in [4.69, 9.17) is 5.84 Å². The van der Waals surface area contributed by atoms with Gasteiger partial charge >= 0.3 is 0 Å². The van der Waals surface area contributed by atoms with Crippen LogP contribution < -0.4 is 11.3 Å². The minimum atomic E-state index is 0.389. The van der Waals surface area contributed by atoms with Gasteiger partial charge in [-0.3, -0.25) is 15.7 Å². The summed E-state index contributed by atoms with van der Waals surface area (Å²) in [5.74, 6) is 8.44. The highest BCUT2D eigenvalue weighted by molar-refractivity contribution is 7.15. The van der Waals surface area contributed by atoms with E-state index in [0.717, 1.165) is 34.8 Å². The average molecular weight is 276 g/mol. The summed E-state index contributed by atoms with van der Waals surface area (Å²) in [6, 6.07) is 0.389. The highest BCUT2D eigenvalue weighted by Gasteiger charge is 2.42. The van der Waals surface area contributed by atoms with Crippen LogP contribution >= 0.6 is 11.3 Å². The van der Waals surface area contributed by atoms with Crippen LogP contribution in [-0.4, -0.2) is 15.4 Å². The Bertz CT molecular complexity index is 546. The molecule has 2 bridgehead atoms. The summed E-state index contributed by atoms with van der Waals surface area (Å²) in [5, 5.41) is 2.07. The van der Waals surface area contributed by atoms with Gasteiger partial charge in [0.25, 0.3) is 0 Å². The van der Waals surface area contributed by atoms with Crippen LogP contribution in [0, 0.1) is 17.8 Å². The van der Waals surface area contributed by atoms with Gasteiger partial charge in [0.2, 0.25) is 0 Å². The zero-order valence-corrected chi connectivity index (χ0v) is 11.8. The largest absolute Gasteiger partial charge is 0.297 e. The maximum Gasteiger partial charge on any atom is 0.193 e. The van der Waals surface area contributed by atoms with E-state index >= 15 is 0 Å². The molecule has 0 aliphatic heterocycles. The predicted molar refractivity (Wildman–Crippen MR) is 76.8 cm³/mol. The topological polar surface area (TPSA) is 55.3 Å². The van der Waals surface area contributed by atoms with Crippen LogP contribution in [0.4, 0.5) is 0 Å². The molecule has 5 heteroatoms. The standard InChI is InChI=1S/C14H20N4S/c15-17-13(12-6-9-1-2-10(12)5-9)7-11-8-18-3-4-19-14(18)16-11/h3-4,8-10,12-13,17H,1-2,5-7,15H2. The van der Waals surface area contributed by atoms with Crippen molar-refractivity contribution in [1.82, 2.24) is 14.8 Å². The van der Waals surface area contributed by atoms with Crippen LogP contribution in [0.25, 0.3) is 4.96 Å². The van der Waals surface area contributed by atoms with Gasteiger partial charge < -0.3 is 0 Å². The molecular weight excluding hydrogens is 256 g/mol. The third-order valence-electron chi connectivity index (χ3n) is 5.10. The van der Waals surface area contributed by atoms with Gasteiger partial charge in [-0.2, -0.15) is 0 Å². The van der Waals surface area contributed by atoms with Crippen molar-refractivity contribution < 1.29 is 0 Å². The molecule has 0 saturated heterocycles. The van der Waals surface area contributed by atoms with Gasteiger partial charge in [-0.1, -0.05) is 6.42 Å². The molecule has 102 valence electrons. The van der Waals surface area contributed by atoms with Crippen molar-refractivity contribution in [3.63, 3.8) is 0 Å². The number of aromatic nitrogens is 2. The van der Waals surface area contributed by atoms with E-state index in [9.17, 15) is 0 Å². The lowest BCUT2D eigenvalue weighted by atomic mass is 9.82. The summed E-state index contributed by atoms with van der Waals surface area (Å²) in [6.45, 7) is 0. The summed E-state index contributed by atoms with van der Waals surface area (Å²) in [6.07, 6.45) is 10.8. The van der Waals surface area contributed by atoms with Crippen molar-refractivity contribution >= 4 is 16.3 Å². The Morgan fingerprint density at radius 1 is 1.47 bits per heavy atom. The molecule has 4 rings (SSSR count). The molecule has 0 aromatic carbocycles. The fourth-order valence-electron chi connectivity index (χ4n) is 4.22. The molecule has 2 heterocycles. The number of fused-ring (bicyclic) bond motifs is 3. The number of hydrogen-bond acceptors (Lipinski definition) is 4. The Morgan fingerprint density at radius 3 is 3.11 bits per heavy atom. The van der Waals surface area contributed by atoms with Crippen LogP contribution in [0.3, 0.4) is 0 Å². The van der Waals surface area contributed by atoms with Crippen molar-refractivity contribution in [3.05, 3.63) is 23.5 Å². The maximum absolute atomic E-state index is 5.82. The van der Waals surface area contributed by atoms with Crippen molar-refractivity contribution in [2.75, 3.05) is 0 Å².